The van der Waals surface area contributed by atoms with Crippen molar-refractivity contribution in [2.75, 3.05) is 39.9 Å². The van der Waals surface area contributed by atoms with Gasteiger partial charge in [0.15, 0.2) is 0 Å². The van der Waals surface area contributed by atoms with Gasteiger partial charge in [0, 0.05) is 84.4 Å². The van der Waals surface area contributed by atoms with Crippen molar-refractivity contribution >= 4 is 0 Å². The number of aromatic nitrogens is 2. The SMILES string of the molecule is COC[C@@H]1Cc2ccccc2CN1Cc1ccc(CN(CCNCc2ccccn2)CCNCc2ccccn2)cc1. The minimum absolute atomic E-state index is 0.400. The highest BCUT2D eigenvalue weighted by Crippen LogP contribution is 2.25. The van der Waals surface area contributed by atoms with Gasteiger partial charge in [-0.05, 0) is 52.9 Å². The molecule has 2 N–H and O–H groups in total. The van der Waals surface area contributed by atoms with Crippen LogP contribution >= 0.6 is 0 Å². The van der Waals surface area contributed by atoms with Crippen molar-refractivity contribution in [1.29, 1.82) is 0 Å². The van der Waals surface area contributed by atoms with Crippen molar-refractivity contribution in [2.45, 2.75) is 45.2 Å². The lowest BCUT2D eigenvalue weighted by Crippen LogP contribution is -2.42. The number of methoxy groups -OCH3 is 1. The molecule has 220 valence electrons. The van der Waals surface area contributed by atoms with Crippen molar-refractivity contribution in [3.8, 4) is 0 Å². The number of ether oxygens (including phenoxy) is 1. The van der Waals surface area contributed by atoms with Gasteiger partial charge in [0.1, 0.15) is 0 Å². The van der Waals surface area contributed by atoms with Crippen LogP contribution in [0.15, 0.2) is 97.3 Å². The number of pyridine rings is 2. The maximum Gasteiger partial charge on any atom is 0.0621 e. The van der Waals surface area contributed by atoms with E-state index in [4.69, 9.17) is 4.74 Å². The first-order chi connectivity index (χ1) is 20.8. The Bertz CT molecular complexity index is 1270. The van der Waals surface area contributed by atoms with E-state index in [0.717, 1.165) is 83.3 Å². The fourth-order valence-corrected chi connectivity index (χ4v) is 5.61. The smallest absolute Gasteiger partial charge is 0.0621 e. The molecule has 42 heavy (non-hydrogen) atoms. The molecule has 0 radical (unpaired) electrons. The normalized spacial score (nSPS) is 15.1. The largest absolute Gasteiger partial charge is 0.383 e. The molecule has 1 atom stereocenters. The first-order valence-electron chi connectivity index (χ1n) is 15.1. The summed E-state index contributed by atoms with van der Waals surface area (Å²) in [5, 5.41) is 7.12. The van der Waals surface area contributed by atoms with Gasteiger partial charge in [-0.3, -0.25) is 19.8 Å². The fraction of sp³-hybridized carbons (Fsp3) is 0.371. The van der Waals surface area contributed by atoms with Gasteiger partial charge in [0.05, 0.1) is 18.0 Å². The number of fused-ring (bicyclic) bond motifs is 1. The van der Waals surface area contributed by atoms with Gasteiger partial charge >= 0.3 is 0 Å². The van der Waals surface area contributed by atoms with Crippen molar-refractivity contribution in [1.82, 2.24) is 30.4 Å². The zero-order valence-corrected chi connectivity index (χ0v) is 24.8. The molecule has 5 rings (SSSR count). The molecule has 0 saturated heterocycles. The molecule has 0 aliphatic carbocycles. The summed E-state index contributed by atoms with van der Waals surface area (Å²) in [6.45, 7) is 8.89. The molecular weight excluding hydrogens is 520 g/mol. The highest BCUT2D eigenvalue weighted by Gasteiger charge is 2.25. The Kier molecular flexibility index (Phi) is 11.6. The molecule has 2 aromatic carbocycles. The minimum atomic E-state index is 0.400. The second-order valence-corrected chi connectivity index (χ2v) is 11.1. The Labute approximate surface area is 251 Å². The van der Waals surface area contributed by atoms with E-state index in [2.05, 4.69) is 91.1 Å². The molecule has 0 amide bonds. The second kappa shape index (κ2) is 16.2. The van der Waals surface area contributed by atoms with E-state index in [1.54, 1.807) is 7.11 Å². The monoisotopic (exact) mass is 564 g/mol. The predicted molar refractivity (Wildman–Crippen MR) is 169 cm³/mol. The van der Waals surface area contributed by atoms with Crippen molar-refractivity contribution in [3.63, 3.8) is 0 Å². The third-order valence-corrected chi connectivity index (χ3v) is 7.91. The molecule has 2 aromatic heterocycles. The van der Waals surface area contributed by atoms with Gasteiger partial charge in [-0.1, -0.05) is 60.7 Å². The molecule has 4 aromatic rings. The maximum absolute atomic E-state index is 5.59. The van der Waals surface area contributed by atoms with Crippen LogP contribution in [-0.4, -0.2) is 65.7 Å². The van der Waals surface area contributed by atoms with E-state index in [-0.39, 0.29) is 0 Å². The molecule has 1 aliphatic heterocycles. The van der Waals surface area contributed by atoms with Crippen LogP contribution in [0.25, 0.3) is 0 Å². The third-order valence-electron chi connectivity index (χ3n) is 7.91. The molecule has 0 bridgehead atoms. The van der Waals surface area contributed by atoms with E-state index in [0.29, 0.717) is 6.04 Å². The molecule has 0 unspecified atom stereocenters. The Morgan fingerprint density at radius 1 is 0.762 bits per heavy atom. The van der Waals surface area contributed by atoms with Gasteiger partial charge in [0.25, 0.3) is 0 Å². The number of benzene rings is 2. The highest BCUT2D eigenvalue weighted by molar-refractivity contribution is 5.31. The van der Waals surface area contributed by atoms with Crippen LogP contribution in [0.4, 0.5) is 0 Å². The first-order valence-corrected chi connectivity index (χ1v) is 15.1. The molecule has 0 fully saturated rings. The van der Waals surface area contributed by atoms with Crippen LogP contribution in [0, 0.1) is 0 Å². The van der Waals surface area contributed by atoms with E-state index < -0.39 is 0 Å². The zero-order valence-electron chi connectivity index (χ0n) is 24.8. The Hall–Kier alpha value is -3.46. The van der Waals surface area contributed by atoms with Gasteiger partial charge in [-0.25, -0.2) is 0 Å². The standard InChI is InChI=1S/C35H44N6O/c1-42-28-35-22-31-8-2-3-9-32(31)27-41(35)26-30-14-12-29(13-15-30)25-40(20-18-36-23-33-10-4-6-16-38-33)21-19-37-24-34-11-5-7-17-39-34/h2-17,35-37H,18-28H2,1H3/t35-/m0/s1. The van der Waals surface area contributed by atoms with Crippen LogP contribution < -0.4 is 10.6 Å². The van der Waals surface area contributed by atoms with Gasteiger partial charge in [0.2, 0.25) is 0 Å². The van der Waals surface area contributed by atoms with Crippen LogP contribution in [0.1, 0.15) is 33.6 Å². The lowest BCUT2D eigenvalue weighted by Gasteiger charge is -2.36. The van der Waals surface area contributed by atoms with Crippen molar-refractivity contribution in [3.05, 3.63) is 131 Å². The lowest BCUT2D eigenvalue weighted by molar-refractivity contribution is 0.0722. The maximum atomic E-state index is 5.59. The van der Waals surface area contributed by atoms with Crippen molar-refractivity contribution in [2.24, 2.45) is 0 Å². The Morgan fingerprint density at radius 3 is 1.95 bits per heavy atom. The fourth-order valence-electron chi connectivity index (χ4n) is 5.61. The summed E-state index contributed by atoms with van der Waals surface area (Å²) in [5.74, 6) is 0. The highest BCUT2D eigenvalue weighted by atomic mass is 16.5. The molecule has 7 heteroatoms. The molecule has 7 nitrogen and oxygen atoms in total. The topological polar surface area (TPSA) is 65.6 Å². The summed E-state index contributed by atoms with van der Waals surface area (Å²) in [6, 6.07) is 30.5. The van der Waals surface area contributed by atoms with E-state index in [1.807, 2.05) is 36.7 Å². The summed E-state index contributed by atoms with van der Waals surface area (Å²) in [7, 11) is 1.81. The van der Waals surface area contributed by atoms with Crippen LogP contribution in [0.3, 0.4) is 0 Å². The summed E-state index contributed by atoms with van der Waals surface area (Å²) < 4.78 is 5.59. The first kappa shape index (κ1) is 30.0. The quantitative estimate of drug-likeness (QED) is 0.195. The van der Waals surface area contributed by atoms with Crippen LogP contribution in [0.2, 0.25) is 0 Å². The van der Waals surface area contributed by atoms with E-state index in [9.17, 15) is 0 Å². The summed E-state index contributed by atoms with van der Waals surface area (Å²) in [6.07, 6.45) is 4.74. The number of rotatable bonds is 16. The number of nitrogens with one attached hydrogen (secondary N) is 2. The summed E-state index contributed by atoms with van der Waals surface area (Å²) in [4.78, 5) is 13.9. The van der Waals surface area contributed by atoms with Crippen LogP contribution in [-0.2, 0) is 43.9 Å². The average Bonchev–Trinajstić information content (AvgIpc) is 3.03. The minimum Gasteiger partial charge on any atom is -0.383 e. The molecule has 1 aliphatic rings. The molecule has 3 heterocycles. The molecular formula is C35H44N6O. The van der Waals surface area contributed by atoms with E-state index >= 15 is 0 Å². The van der Waals surface area contributed by atoms with Crippen molar-refractivity contribution < 1.29 is 4.74 Å². The number of hydrogen-bond donors (Lipinski definition) is 2. The second-order valence-electron chi connectivity index (χ2n) is 11.1. The summed E-state index contributed by atoms with van der Waals surface area (Å²) in [5.41, 5.74) is 7.72. The summed E-state index contributed by atoms with van der Waals surface area (Å²) >= 11 is 0. The zero-order chi connectivity index (χ0) is 28.8. The Balaban J connectivity index is 1.15. The molecule has 0 spiro atoms. The van der Waals surface area contributed by atoms with Gasteiger partial charge in [-0.2, -0.15) is 0 Å². The third kappa shape index (κ3) is 9.28. The predicted octanol–water partition coefficient (Wildman–Crippen LogP) is 4.43. The van der Waals surface area contributed by atoms with E-state index in [1.165, 1.54) is 22.3 Å². The molecule has 0 saturated carbocycles. The number of hydrogen-bond acceptors (Lipinski definition) is 7. The van der Waals surface area contributed by atoms with Crippen LogP contribution in [0.5, 0.6) is 0 Å². The van der Waals surface area contributed by atoms with Gasteiger partial charge in [-0.15, -0.1) is 0 Å². The van der Waals surface area contributed by atoms with Gasteiger partial charge < -0.3 is 15.4 Å². The average molecular weight is 565 g/mol. The number of nitrogens with zero attached hydrogens (tertiary/aromatic N) is 4. The lowest BCUT2D eigenvalue weighted by atomic mass is 9.94. The Morgan fingerprint density at radius 2 is 1.36 bits per heavy atom.